The lowest BCUT2D eigenvalue weighted by Gasteiger charge is -2.19. The van der Waals surface area contributed by atoms with E-state index in [0.29, 0.717) is 17.5 Å². The van der Waals surface area contributed by atoms with Crippen molar-refractivity contribution in [3.63, 3.8) is 0 Å². The maximum Gasteiger partial charge on any atom is 0.164 e. The van der Waals surface area contributed by atoms with E-state index in [4.69, 9.17) is 19.9 Å². The van der Waals surface area contributed by atoms with Gasteiger partial charge in [0.05, 0.1) is 61.2 Å². The van der Waals surface area contributed by atoms with Crippen LogP contribution in [0.5, 0.6) is 0 Å². The SMILES string of the molecule is c1ccc(-c2nc(-c3ccccc3)nc(-c3ccc(-n4c5ccccc5c5cc(-n6c7ccccc7c7ccccc76)ccc54)c(-c4ncccc4-n4c5ccccc5c5cc(-n6c7ccccc7c7ccccc76)ccc54)c3)n2)cc1. The summed E-state index contributed by atoms with van der Waals surface area (Å²) in [4.78, 5) is 21.1. The van der Waals surface area contributed by atoms with Crippen LogP contribution in [0.2, 0.25) is 0 Å². The largest absolute Gasteiger partial charge is 0.309 e. The number of hydrogen-bond acceptors (Lipinski definition) is 4. The lowest BCUT2D eigenvalue weighted by Crippen LogP contribution is -2.04. The predicted octanol–water partition coefficient (Wildman–Crippen LogP) is 18.3. The Bertz CT molecular complexity index is 5250. The fourth-order valence-electron chi connectivity index (χ4n) is 12.9. The van der Waals surface area contributed by atoms with Gasteiger partial charge < -0.3 is 18.3 Å². The Labute approximate surface area is 470 Å². The third kappa shape index (κ3) is 6.98. The second kappa shape index (κ2) is 18.2. The summed E-state index contributed by atoms with van der Waals surface area (Å²) in [5.74, 6) is 1.76. The van der Waals surface area contributed by atoms with E-state index in [1.54, 1.807) is 0 Å². The Kier molecular flexibility index (Phi) is 10.1. The highest BCUT2D eigenvalue weighted by Gasteiger charge is 2.25. The van der Waals surface area contributed by atoms with Crippen LogP contribution in [-0.4, -0.2) is 38.2 Å². The first kappa shape index (κ1) is 45.8. The molecule has 8 heteroatoms. The van der Waals surface area contributed by atoms with Crippen LogP contribution in [0.15, 0.2) is 279 Å². The molecule has 0 unspecified atom stereocenters. The van der Waals surface area contributed by atoms with Crippen molar-refractivity contribution >= 4 is 87.2 Å². The van der Waals surface area contributed by atoms with Gasteiger partial charge in [0.1, 0.15) is 0 Å². The van der Waals surface area contributed by atoms with E-state index < -0.39 is 0 Å². The van der Waals surface area contributed by atoms with Gasteiger partial charge in [-0.3, -0.25) is 4.98 Å². The standard InChI is InChI=1S/C74H46N8/c1-3-20-47(21-4-1)72-76-73(48-22-5-2-6-23-48)78-74(77-72)49-37-40-69(81-65-34-17-11-28-56(65)58-45-50(38-41-67(58)81)79-61-30-13-7-24-52(61)53-25-8-14-31-62(53)79)60(44-49)71-70(36-19-43-75-71)82-66-35-18-12-29-57(66)59-46-51(39-42-68(59)82)80-63-32-15-9-26-54(63)55-27-10-16-33-64(55)80/h1-46H. The van der Waals surface area contributed by atoms with Crippen molar-refractivity contribution in [2.45, 2.75) is 0 Å². The molecule has 0 aliphatic carbocycles. The number of pyridine rings is 1. The van der Waals surface area contributed by atoms with Crippen LogP contribution in [0.3, 0.4) is 0 Å². The zero-order valence-corrected chi connectivity index (χ0v) is 44.1. The van der Waals surface area contributed by atoms with Gasteiger partial charge in [0.15, 0.2) is 17.5 Å². The van der Waals surface area contributed by atoms with Crippen molar-refractivity contribution in [2.24, 2.45) is 0 Å². The molecule has 0 radical (unpaired) electrons. The van der Waals surface area contributed by atoms with Crippen LogP contribution in [0, 0.1) is 0 Å². The highest BCUT2D eigenvalue weighted by Crippen LogP contribution is 2.44. The molecule has 0 spiro atoms. The normalized spacial score (nSPS) is 11.9. The van der Waals surface area contributed by atoms with E-state index in [-0.39, 0.29) is 0 Å². The first-order valence-electron chi connectivity index (χ1n) is 27.7. The molecule has 0 aliphatic rings. The lowest BCUT2D eigenvalue weighted by molar-refractivity contribution is 1.07. The van der Waals surface area contributed by atoms with Crippen molar-refractivity contribution < 1.29 is 0 Å². The van der Waals surface area contributed by atoms with Crippen molar-refractivity contribution in [2.75, 3.05) is 0 Å². The molecule has 0 amide bonds. The summed E-state index contributed by atoms with van der Waals surface area (Å²) in [6.45, 7) is 0. The van der Waals surface area contributed by atoms with Gasteiger partial charge in [-0.2, -0.15) is 0 Å². The fraction of sp³-hybridized carbons (Fsp3) is 0. The third-order valence-electron chi connectivity index (χ3n) is 16.5. The zero-order chi connectivity index (χ0) is 53.8. The topological polar surface area (TPSA) is 71.3 Å². The van der Waals surface area contributed by atoms with Crippen LogP contribution < -0.4 is 0 Å². The molecule has 17 rings (SSSR count). The number of nitrogens with zero attached hydrogens (tertiary/aromatic N) is 8. The summed E-state index contributed by atoms with van der Waals surface area (Å²) in [7, 11) is 0. The minimum absolute atomic E-state index is 0.561. The van der Waals surface area contributed by atoms with E-state index in [9.17, 15) is 0 Å². The average molecular weight is 1050 g/mol. The van der Waals surface area contributed by atoms with Crippen LogP contribution in [0.4, 0.5) is 0 Å². The first-order chi connectivity index (χ1) is 40.7. The van der Waals surface area contributed by atoms with Gasteiger partial charge in [0.2, 0.25) is 0 Å². The van der Waals surface area contributed by atoms with Gasteiger partial charge in [-0.15, -0.1) is 0 Å². The highest BCUT2D eigenvalue weighted by molar-refractivity contribution is 6.15. The Hall–Kier alpha value is -11.2. The Balaban J connectivity index is 0.922. The molecule has 82 heavy (non-hydrogen) atoms. The van der Waals surface area contributed by atoms with Crippen LogP contribution in [-0.2, 0) is 0 Å². The van der Waals surface area contributed by atoms with Gasteiger partial charge in [-0.05, 0) is 103 Å². The molecule has 8 nitrogen and oxygen atoms in total. The number of aromatic nitrogens is 8. The smallest absolute Gasteiger partial charge is 0.164 e. The molecule has 11 aromatic carbocycles. The zero-order valence-electron chi connectivity index (χ0n) is 44.1. The number of fused-ring (bicyclic) bond motifs is 12. The van der Waals surface area contributed by atoms with Gasteiger partial charge in [0, 0.05) is 82.9 Å². The number of para-hydroxylation sites is 6. The maximum atomic E-state index is 5.45. The molecule has 17 aromatic rings. The molecule has 0 saturated carbocycles. The Morgan fingerprint density at radius 1 is 0.232 bits per heavy atom. The second-order valence-electron chi connectivity index (χ2n) is 21.0. The predicted molar refractivity (Wildman–Crippen MR) is 337 cm³/mol. The number of rotatable bonds is 8. The summed E-state index contributed by atoms with van der Waals surface area (Å²) in [5.41, 5.74) is 17.5. The minimum atomic E-state index is 0.561. The van der Waals surface area contributed by atoms with Gasteiger partial charge in [-0.25, -0.2) is 15.0 Å². The molecule has 6 heterocycles. The lowest BCUT2D eigenvalue weighted by atomic mass is 10.0. The van der Waals surface area contributed by atoms with E-state index >= 15 is 0 Å². The highest BCUT2D eigenvalue weighted by atomic mass is 15.1. The van der Waals surface area contributed by atoms with Crippen LogP contribution in [0.1, 0.15) is 0 Å². The molecule has 6 aromatic heterocycles. The molecule has 0 N–H and O–H groups in total. The Morgan fingerprint density at radius 3 is 1.02 bits per heavy atom. The summed E-state index contributed by atoms with van der Waals surface area (Å²) < 4.78 is 9.61. The molecule has 0 aliphatic heterocycles. The van der Waals surface area contributed by atoms with E-state index in [1.807, 2.05) is 42.6 Å². The molecular formula is C74H46N8. The third-order valence-corrected chi connectivity index (χ3v) is 16.5. The molecule has 0 atom stereocenters. The Morgan fingerprint density at radius 2 is 0.585 bits per heavy atom. The number of benzene rings is 11. The van der Waals surface area contributed by atoms with Gasteiger partial charge in [-0.1, -0.05) is 170 Å². The summed E-state index contributed by atoms with van der Waals surface area (Å²) in [6.07, 6.45) is 1.91. The molecule has 0 fully saturated rings. The van der Waals surface area contributed by atoms with E-state index in [1.165, 1.54) is 43.6 Å². The van der Waals surface area contributed by atoms with E-state index in [2.05, 4.69) is 255 Å². The number of hydrogen-bond donors (Lipinski definition) is 0. The van der Waals surface area contributed by atoms with Crippen LogP contribution >= 0.6 is 0 Å². The minimum Gasteiger partial charge on any atom is -0.309 e. The maximum absolute atomic E-state index is 5.45. The molecule has 382 valence electrons. The quantitative estimate of drug-likeness (QED) is 0.152. The summed E-state index contributed by atoms with van der Waals surface area (Å²) in [6, 6.07) is 97.3. The van der Waals surface area contributed by atoms with Crippen molar-refractivity contribution in [1.82, 2.24) is 38.2 Å². The molecule has 0 saturated heterocycles. The molecule has 0 bridgehead atoms. The van der Waals surface area contributed by atoms with Crippen molar-refractivity contribution in [3.8, 4) is 68.2 Å². The van der Waals surface area contributed by atoms with Gasteiger partial charge >= 0.3 is 0 Å². The average Bonchev–Trinajstić information content (AvgIpc) is 4.42. The van der Waals surface area contributed by atoms with E-state index in [0.717, 1.165) is 94.3 Å². The monoisotopic (exact) mass is 1050 g/mol. The first-order valence-corrected chi connectivity index (χ1v) is 27.7. The van der Waals surface area contributed by atoms with Crippen molar-refractivity contribution in [3.05, 3.63) is 279 Å². The van der Waals surface area contributed by atoms with Gasteiger partial charge in [0.25, 0.3) is 0 Å². The van der Waals surface area contributed by atoms with Crippen LogP contribution in [0.25, 0.3) is 155 Å². The summed E-state index contributed by atoms with van der Waals surface area (Å²) in [5, 5.41) is 9.51. The fourth-order valence-corrected chi connectivity index (χ4v) is 12.9. The summed E-state index contributed by atoms with van der Waals surface area (Å²) >= 11 is 0. The molecular weight excluding hydrogens is 1000 g/mol. The second-order valence-corrected chi connectivity index (χ2v) is 21.0. The van der Waals surface area contributed by atoms with Crippen molar-refractivity contribution in [1.29, 1.82) is 0 Å².